The molecular weight excluding hydrogens is 442 g/mol. The largest absolute Gasteiger partial charge is 0.455 e. The predicted octanol–water partition coefficient (Wildman–Crippen LogP) is 5.97. The van der Waals surface area contributed by atoms with Gasteiger partial charge in [0.05, 0.1) is 11.5 Å². The van der Waals surface area contributed by atoms with Crippen LogP contribution in [0.15, 0.2) is 87.9 Å². The number of nitrogens with zero attached hydrogens (tertiary/aromatic N) is 3. The van der Waals surface area contributed by atoms with Gasteiger partial charge in [-0.05, 0) is 55.3 Å². The molecule has 0 bridgehead atoms. The summed E-state index contributed by atoms with van der Waals surface area (Å²) < 4.78 is 5.81. The maximum atomic E-state index is 12.9. The first kappa shape index (κ1) is 22.1. The molecule has 0 spiro atoms. The Balaban J connectivity index is 1.47. The molecule has 0 radical (unpaired) electrons. The van der Waals surface area contributed by atoms with Crippen LogP contribution in [0.25, 0.3) is 11.3 Å². The molecule has 1 amide bonds. The number of aryl methyl sites for hydroxylation is 1. The van der Waals surface area contributed by atoms with E-state index in [1.807, 2.05) is 43.3 Å². The van der Waals surface area contributed by atoms with E-state index in [-0.39, 0.29) is 11.2 Å². The van der Waals surface area contributed by atoms with Crippen molar-refractivity contribution in [1.82, 2.24) is 4.90 Å². The zero-order valence-electron chi connectivity index (χ0n) is 17.6. The molecule has 32 heavy (non-hydrogen) atoms. The molecule has 0 aliphatic carbocycles. The average Bonchev–Trinajstić information content (AvgIpc) is 3.37. The molecule has 5 nitrogen and oxygen atoms in total. The number of carbonyl (C=O) groups is 1. The Morgan fingerprint density at radius 3 is 2.59 bits per heavy atom. The number of thioether (sulfide) groups is 1. The molecule has 3 aromatic rings. The first-order valence-electron chi connectivity index (χ1n) is 10.1. The Hall–Kier alpha value is -3.09. The Bertz CT molecular complexity index is 1170. The second-order valence-electron chi connectivity index (χ2n) is 7.37. The number of hydrogen-bond donors (Lipinski definition) is 0. The molecule has 1 saturated heterocycles. The van der Waals surface area contributed by atoms with Gasteiger partial charge in [-0.2, -0.15) is 5.10 Å². The van der Waals surface area contributed by atoms with Crippen LogP contribution in [0, 0.1) is 6.92 Å². The first-order chi connectivity index (χ1) is 15.5. The van der Waals surface area contributed by atoms with E-state index in [1.54, 1.807) is 11.0 Å². The highest BCUT2D eigenvalue weighted by Crippen LogP contribution is 2.30. The van der Waals surface area contributed by atoms with Gasteiger partial charge in [0.15, 0.2) is 5.17 Å². The molecule has 1 atom stereocenters. The minimum absolute atomic E-state index is 0.0208. The van der Waals surface area contributed by atoms with Gasteiger partial charge in [-0.3, -0.25) is 9.69 Å². The second kappa shape index (κ2) is 10.0. The molecule has 162 valence electrons. The van der Waals surface area contributed by atoms with Crippen molar-refractivity contribution in [1.29, 1.82) is 0 Å². The standard InChI is InChI=1S/C25H22ClN3O2S/c1-3-14-29-24(30)23(15-18-6-4-17(2)5-7-18)32-25(29)28-27-16-21-12-13-22(31-21)19-8-10-20(26)11-9-19/h3-13,16,23H,1,14-15H2,2H3/b27-16-,28-25-/t23-/m0/s1. The van der Waals surface area contributed by atoms with E-state index >= 15 is 0 Å². The molecule has 0 saturated carbocycles. The summed E-state index contributed by atoms with van der Waals surface area (Å²) >= 11 is 7.36. The van der Waals surface area contributed by atoms with E-state index in [9.17, 15) is 4.79 Å². The van der Waals surface area contributed by atoms with Crippen molar-refractivity contribution in [3.05, 3.63) is 95.2 Å². The monoisotopic (exact) mass is 463 g/mol. The third kappa shape index (κ3) is 5.21. The van der Waals surface area contributed by atoms with E-state index in [4.69, 9.17) is 16.0 Å². The maximum absolute atomic E-state index is 12.9. The zero-order chi connectivity index (χ0) is 22.5. The van der Waals surface area contributed by atoms with Gasteiger partial charge in [0.25, 0.3) is 0 Å². The van der Waals surface area contributed by atoms with E-state index in [0.717, 1.165) is 11.1 Å². The molecule has 2 heterocycles. The Kier molecular flexibility index (Phi) is 6.93. The fraction of sp³-hybridized carbons (Fsp3) is 0.160. The van der Waals surface area contributed by atoms with Crippen LogP contribution in [0.5, 0.6) is 0 Å². The molecule has 7 heteroatoms. The Morgan fingerprint density at radius 1 is 1.12 bits per heavy atom. The van der Waals surface area contributed by atoms with Crippen LogP contribution in [0.3, 0.4) is 0 Å². The van der Waals surface area contributed by atoms with E-state index in [2.05, 4.69) is 41.0 Å². The van der Waals surface area contributed by atoms with Crippen LogP contribution >= 0.6 is 23.4 Å². The topological polar surface area (TPSA) is 58.2 Å². The second-order valence-corrected chi connectivity index (χ2v) is 8.98. The first-order valence-corrected chi connectivity index (χ1v) is 11.4. The average molecular weight is 464 g/mol. The van der Waals surface area contributed by atoms with Crippen molar-refractivity contribution in [3.8, 4) is 11.3 Å². The van der Waals surface area contributed by atoms with E-state index in [0.29, 0.717) is 34.7 Å². The van der Waals surface area contributed by atoms with Gasteiger partial charge >= 0.3 is 0 Å². The number of amidine groups is 1. The highest BCUT2D eigenvalue weighted by molar-refractivity contribution is 8.15. The number of furan rings is 1. The normalized spacial score (nSPS) is 17.6. The number of amides is 1. The molecule has 0 unspecified atom stereocenters. The van der Waals surface area contributed by atoms with Crippen molar-refractivity contribution in [2.75, 3.05) is 6.54 Å². The lowest BCUT2D eigenvalue weighted by Gasteiger charge is -2.12. The summed E-state index contributed by atoms with van der Waals surface area (Å²) in [6, 6.07) is 19.3. The summed E-state index contributed by atoms with van der Waals surface area (Å²) in [5.74, 6) is 1.31. The van der Waals surface area contributed by atoms with Gasteiger partial charge in [0, 0.05) is 17.1 Å². The minimum Gasteiger partial charge on any atom is -0.455 e. The number of carbonyl (C=O) groups excluding carboxylic acids is 1. The highest BCUT2D eigenvalue weighted by Gasteiger charge is 2.37. The van der Waals surface area contributed by atoms with Crippen LogP contribution in [-0.2, 0) is 11.2 Å². The molecule has 0 N–H and O–H groups in total. The highest BCUT2D eigenvalue weighted by atomic mass is 35.5. The molecule has 1 aliphatic rings. The Labute approximate surface area is 196 Å². The predicted molar refractivity (Wildman–Crippen MR) is 132 cm³/mol. The maximum Gasteiger partial charge on any atom is 0.242 e. The number of benzene rings is 2. The lowest BCUT2D eigenvalue weighted by Crippen LogP contribution is -2.32. The molecule has 1 aliphatic heterocycles. The van der Waals surface area contributed by atoms with Crippen molar-refractivity contribution < 1.29 is 9.21 Å². The van der Waals surface area contributed by atoms with Crippen molar-refractivity contribution in [2.45, 2.75) is 18.6 Å². The van der Waals surface area contributed by atoms with Gasteiger partial charge < -0.3 is 4.42 Å². The summed E-state index contributed by atoms with van der Waals surface area (Å²) in [7, 11) is 0. The SMILES string of the molecule is C=CCN1C(=O)[C@H](Cc2ccc(C)cc2)S/C1=N\N=C/c1ccc(-c2ccc(Cl)cc2)o1. The van der Waals surface area contributed by atoms with Gasteiger partial charge in [-0.25, -0.2) is 0 Å². The smallest absolute Gasteiger partial charge is 0.242 e. The van der Waals surface area contributed by atoms with Crippen molar-refractivity contribution >= 4 is 40.7 Å². The molecule has 1 aromatic heterocycles. The molecule has 2 aromatic carbocycles. The van der Waals surface area contributed by atoms with Crippen LogP contribution in [-0.4, -0.2) is 34.0 Å². The summed E-state index contributed by atoms with van der Waals surface area (Å²) in [6.45, 7) is 6.20. The minimum atomic E-state index is -0.230. The van der Waals surface area contributed by atoms with Crippen molar-refractivity contribution in [2.24, 2.45) is 10.2 Å². The summed E-state index contributed by atoms with van der Waals surface area (Å²) in [5, 5.41) is 9.47. The van der Waals surface area contributed by atoms with Gasteiger partial charge in [0.2, 0.25) is 5.91 Å². The molecular formula is C25H22ClN3O2S. The van der Waals surface area contributed by atoms with Crippen LogP contribution < -0.4 is 0 Å². The van der Waals surface area contributed by atoms with E-state index in [1.165, 1.54) is 23.5 Å². The van der Waals surface area contributed by atoms with Crippen LogP contribution in [0.1, 0.15) is 16.9 Å². The number of halogens is 1. The fourth-order valence-electron chi connectivity index (χ4n) is 3.28. The summed E-state index contributed by atoms with van der Waals surface area (Å²) in [4.78, 5) is 14.5. The third-order valence-corrected chi connectivity index (χ3v) is 6.37. The quantitative estimate of drug-likeness (QED) is 0.246. The van der Waals surface area contributed by atoms with Gasteiger partial charge in [0.1, 0.15) is 11.5 Å². The summed E-state index contributed by atoms with van der Waals surface area (Å²) in [5.41, 5.74) is 3.24. The molecule has 1 fully saturated rings. The molecule has 4 rings (SSSR count). The Morgan fingerprint density at radius 2 is 1.88 bits per heavy atom. The van der Waals surface area contributed by atoms with Gasteiger partial charge in [-0.1, -0.05) is 59.3 Å². The van der Waals surface area contributed by atoms with E-state index < -0.39 is 0 Å². The lowest BCUT2D eigenvalue weighted by atomic mass is 10.1. The number of hydrogen-bond acceptors (Lipinski definition) is 5. The fourth-order valence-corrected chi connectivity index (χ4v) is 4.55. The van der Waals surface area contributed by atoms with Gasteiger partial charge in [-0.15, -0.1) is 11.7 Å². The number of rotatable bonds is 7. The van der Waals surface area contributed by atoms with Crippen molar-refractivity contribution in [3.63, 3.8) is 0 Å². The zero-order valence-corrected chi connectivity index (χ0v) is 19.1. The lowest BCUT2D eigenvalue weighted by molar-refractivity contribution is -0.125. The van der Waals surface area contributed by atoms with Crippen LogP contribution in [0.4, 0.5) is 0 Å². The summed E-state index contributed by atoms with van der Waals surface area (Å²) in [6.07, 6.45) is 3.87. The van der Waals surface area contributed by atoms with Crippen LogP contribution in [0.2, 0.25) is 5.02 Å². The third-order valence-electron chi connectivity index (χ3n) is 4.96.